The fourth-order valence-electron chi connectivity index (χ4n) is 7.21. The number of ether oxygens (including phenoxy) is 2. The lowest BCUT2D eigenvalue weighted by Gasteiger charge is -2.28. The second-order valence-corrected chi connectivity index (χ2v) is 21.1. The van der Waals surface area contributed by atoms with E-state index in [4.69, 9.17) is 9.47 Å². The molecule has 0 spiro atoms. The maximum Gasteiger partial charge on any atom is 0.123 e. The Balaban J connectivity index is 1.74. The summed E-state index contributed by atoms with van der Waals surface area (Å²) in [7, 11) is 3.39. The van der Waals surface area contributed by atoms with Gasteiger partial charge in [0.1, 0.15) is 23.0 Å². The lowest BCUT2D eigenvalue weighted by molar-refractivity contribution is 0.415. The first-order chi connectivity index (χ1) is 26.0. The van der Waals surface area contributed by atoms with E-state index < -0.39 is 0 Å². The van der Waals surface area contributed by atoms with Crippen molar-refractivity contribution in [3.63, 3.8) is 0 Å². The maximum atomic E-state index is 11.8. The average molecular weight is 787 g/mol. The van der Waals surface area contributed by atoms with Gasteiger partial charge in [-0.25, -0.2) is 0 Å². The minimum absolute atomic E-state index is 0.288. The molecule has 56 heavy (non-hydrogen) atoms. The number of hydrogen-bond acceptors (Lipinski definition) is 6. The first-order valence-electron chi connectivity index (χ1n) is 19.3. The summed E-state index contributed by atoms with van der Waals surface area (Å²) < 4.78 is 11.1. The van der Waals surface area contributed by atoms with Crippen LogP contribution in [0.1, 0.15) is 105 Å². The van der Waals surface area contributed by atoms with Crippen LogP contribution in [0.25, 0.3) is 52.9 Å². The number of phenolic OH excluding ortho intramolecular Hbond substituents is 2. The second-order valence-electron chi connectivity index (χ2n) is 19.0. The van der Waals surface area contributed by atoms with Gasteiger partial charge in [0.05, 0.1) is 24.0 Å². The van der Waals surface area contributed by atoms with Crippen molar-refractivity contribution in [3.8, 4) is 75.9 Å². The topological polar surface area (TPSA) is 58.9 Å². The van der Waals surface area contributed by atoms with Gasteiger partial charge in [0.2, 0.25) is 0 Å². The van der Waals surface area contributed by atoms with E-state index >= 15 is 0 Å². The van der Waals surface area contributed by atoms with E-state index in [9.17, 15) is 10.2 Å². The van der Waals surface area contributed by atoms with Gasteiger partial charge in [-0.2, -0.15) is 0 Å². The molecule has 0 atom stereocenters. The van der Waals surface area contributed by atoms with Crippen molar-refractivity contribution in [1.82, 2.24) is 0 Å². The van der Waals surface area contributed by atoms with Crippen molar-refractivity contribution in [2.24, 2.45) is 0 Å². The predicted octanol–water partition coefficient (Wildman–Crippen LogP) is 14.8. The first-order valence-corrected chi connectivity index (χ1v) is 21.0. The molecule has 2 aromatic heterocycles. The molecule has 294 valence electrons. The fourth-order valence-corrected chi connectivity index (χ4v) is 9.74. The average Bonchev–Trinajstić information content (AvgIpc) is 3.76. The van der Waals surface area contributed by atoms with Crippen molar-refractivity contribution >= 4 is 22.7 Å². The molecule has 0 unspecified atom stereocenters. The van der Waals surface area contributed by atoms with Crippen molar-refractivity contribution in [2.45, 2.75) is 105 Å². The van der Waals surface area contributed by atoms with Gasteiger partial charge in [-0.15, -0.1) is 22.7 Å². The fraction of sp³-hybridized carbons (Fsp3) is 0.360. The summed E-state index contributed by atoms with van der Waals surface area (Å²) in [5, 5.41) is 23.6. The Morgan fingerprint density at radius 1 is 0.393 bits per heavy atom. The van der Waals surface area contributed by atoms with Crippen LogP contribution in [0.5, 0.6) is 23.0 Å². The largest absolute Gasteiger partial charge is 0.507 e. The Morgan fingerprint density at radius 3 is 0.893 bits per heavy atom. The number of aromatic hydroxyl groups is 2. The molecule has 0 fully saturated rings. The van der Waals surface area contributed by atoms with Gasteiger partial charge in [0, 0.05) is 43.1 Å². The quantitative estimate of drug-likeness (QED) is 0.169. The first kappa shape index (κ1) is 41.1. The zero-order valence-corrected chi connectivity index (χ0v) is 37.2. The molecular weight excluding hydrogens is 729 g/mol. The number of hydrogen-bond donors (Lipinski definition) is 2. The van der Waals surface area contributed by atoms with Gasteiger partial charge in [0.25, 0.3) is 0 Å². The highest BCUT2D eigenvalue weighted by atomic mass is 32.1. The molecule has 0 amide bonds. The third-order valence-corrected chi connectivity index (χ3v) is 13.0. The number of methoxy groups -OCH3 is 2. The molecule has 0 aliphatic rings. The highest BCUT2D eigenvalue weighted by molar-refractivity contribution is 7.26. The lowest BCUT2D eigenvalue weighted by Crippen LogP contribution is -2.17. The molecule has 2 N–H and O–H groups in total. The van der Waals surface area contributed by atoms with Crippen LogP contribution in [0, 0.1) is 0 Å². The Labute approximate surface area is 342 Å². The molecule has 0 bridgehead atoms. The van der Waals surface area contributed by atoms with E-state index in [0.717, 1.165) is 86.6 Å². The van der Waals surface area contributed by atoms with Crippen LogP contribution >= 0.6 is 22.7 Å². The molecule has 2 heterocycles. The normalized spacial score (nSPS) is 12.6. The van der Waals surface area contributed by atoms with Crippen molar-refractivity contribution in [1.29, 1.82) is 0 Å². The van der Waals surface area contributed by atoms with Crippen LogP contribution in [0.2, 0.25) is 0 Å². The van der Waals surface area contributed by atoms with Crippen LogP contribution in [-0.2, 0) is 21.7 Å². The summed E-state index contributed by atoms with van der Waals surface area (Å²) in [6.07, 6.45) is 0. The van der Waals surface area contributed by atoms with Gasteiger partial charge < -0.3 is 19.7 Å². The van der Waals surface area contributed by atoms with Crippen LogP contribution in [-0.4, -0.2) is 24.4 Å². The molecule has 6 rings (SSSR count). The molecule has 4 nitrogen and oxygen atoms in total. The predicted molar refractivity (Wildman–Crippen MR) is 241 cm³/mol. The summed E-state index contributed by atoms with van der Waals surface area (Å²) in [5.41, 5.74) is 9.16. The minimum Gasteiger partial charge on any atom is -0.507 e. The molecule has 0 aliphatic carbocycles. The number of phenols is 2. The van der Waals surface area contributed by atoms with Gasteiger partial charge in [-0.3, -0.25) is 0 Å². The molecule has 0 radical (unpaired) electrons. The van der Waals surface area contributed by atoms with Gasteiger partial charge >= 0.3 is 0 Å². The maximum absolute atomic E-state index is 11.8. The van der Waals surface area contributed by atoms with E-state index in [0.29, 0.717) is 11.5 Å². The summed E-state index contributed by atoms with van der Waals surface area (Å²) in [4.78, 5) is 4.59. The van der Waals surface area contributed by atoms with E-state index in [1.165, 1.54) is 0 Å². The van der Waals surface area contributed by atoms with Gasteiger partial charge in [-0.1, -0.05) is 83.1 Å². The monoisotopic (exact) mass is 786 g/mol. The van der Waals surface area contributed by atoms with Crippen molar-refractivity contribution in [3.05, 3.63) is 107 Å². The SMILES string of the molecule is COc1ccc(-c2cc(-c3cc(C(C)(C)C)c(O)c(C(C)(C)C)c3)c(-c3sc(-c4ccc(OC)cc4)cc3-c3cc(C(C)(C)C)c(O)c(C(C)(C)C)c3)s2)cc1. The smallest absolute Gasteiger partial charge is 0.123 e. The Hall–Kier alpha value is -4.52. The third-order valence-electron chi connectivity index (χ3n) is 10.5. The van der Waals surface area contributed by atoms with Crippen molar-refractivity contribution in [2.75, 3.05) is 14.2 Å². The van der Waals surface area contributed by atoms with E-state index in [-0.39, 0.29) is 21.7 Å². The summed E-state index contributed by atoms with van der Waals surface area (Å²) in [6.45, 7) is 26.0. The number of benzene rings is 4. The van der Waals surface area contributed by atoms with E-state index in [2.05, 4.69) is 144 Å². The number of thiophene rings is 2. The Morgan fingerprint density at radius 2 is 0.661 bits per heavy atom. The molecule has 4 aromatic carbocycles. The standard InChI is InChI=1S/C50H58O4S2/c1-47(2,3)37-23-31(24-38(43(37)51)48(4,5)6)35-27-41(29-15-19-33(53-13)20-16-29)55-45(35)46-36(28-42(56-46)30-17-21-34(54-14)22-18-30)32-25-39(49(7,8)9)44(52)40(26-32)50(10,11)12/h15-28,51-52H,1-14H3. The Kier molecular flexibility index (Phi) is 10.8. The van der Waals surface area contributed by atoms with Crippen LogP contribution < -0.4 is 9.47 Å². The summed E-state index contributed by atoms with van der Waals surface area (Å²) in [6, 6.07) is 30.0. The highest BCUT2D eigenvalue weighted by Crippen LogP contribution is 2.54. The van der Waals surface area contributed by atoms with Crippen LogP contribution in [0.3, 0.4) is 0 Å². The zero-order valence-electron chi connectivity index (χ0n) is 35.6. The highest BCUT2D eigenvalue weighted by Gasteiger charge is 2.31. The van der Waals surface area contributed by atoms with E-state index in [1.807, 2.05) is 24.3 Å². The summed E-state index contributed by atoms with van der Waals surface area (Å²) in [5.74, 6) is 2.37. The molecule has 0 aliphatic heterocycles. The molecule has 6 aromatic rings. The van der Waals surface area contributed by atoms with Crippen LogP contribution in [0.4, 0.5) is 0 Å². The van der Waals surface area contributed by atoms with Gasteiger partial charge in [0.15, 0.2) is 0 Å². The minimum atomic E-state index is -0.288. The molecule has 0 saturated carbocycles. The number of rotatable bonds is 7. The molecular formula is C50H58O4S2. The zero-order chi connectivity index (χ0) is 41.1. The summed E-state index contributed by atoms with van der Waals surface area (Å²) >= 11 is 3.58. The Bertz CT molecular complexity index is 2120. The van der Waals surface area contributed by atoms with Crippen LogP contribution in [0.15, 0.2) is 84.9 Å². The lowest BCUT2D eigenvalue weighted by atomic mass is 9.77. The van der Waals surface area contributed by atoms with Gasteiger partial charge in [-0.05, 0) is 129 Å². The second kappa shape index (κ2) is 14.8. The molecule has 0 saturated heterocycles. The third kappa shape index (κ3) is 8.15. The van der Waals surface area contributed by atoms with Crippen molar-refractivity contribution < 1.29 is 19.7 Å². The van der Waals surface area contributed by atoms with E-state index in [1.54, 1.807) is 36.9 Å². The molecule has 6 heteroatoms.